The number of halogens is 1. The Hall–Kier alpha value is -0.850. The van der Waals surface area contributed by atoms with E-state index >= 15 is 0 Å². The van der Waals surface area contributed by atoms with Crippen LogP contribution >= 0.6 is 27.3 Å². The Morgan fingerprint density at radius 1 is 1.29 bits per heavy atom. The molecule has 17 heavy (non-hydrogen) atoms. The van der Waals surface area contributed by atoms with Crippen LogP contribution < -0.4 is 0 Å². The number of nitriles is 1. The molecule has 0 aliphatic heterocycles. The number of rotatable bonds is 1. The summed E-state index contributed by atoms with van der Waals surface area (Å²) in [6, 6.07) is 8.74. The second kappa shape index (κ2) is 4.44. The first-order valence-electron chi connectivity index (χ1n) is 5.91. The standard InChI is InChI=1S/C14H12BrNS/c15-10-5-6-11-12(7-10)17-13(8-16)14(11)9-3-1-2-4-9/h5-7,9H,1-4H2. The van der Waals surface area contributed by atoms with Crippen molar-refractivity contribution in [3.63, 3.8) is 0 Å². The van der Waals surface area contributed by atoms with Gasteiger partial charge in [0.15, 0.2) is 0 Å². The molecule has 86 valence electrons. The molecule has 1 aliphatic rings. The highest BCUT2D eigenvalue weighted by atomic mass is 79.9. The highest BCUT2D eigenvalue weighted by Crippen LogP contribution is 2.43. The molecule has 0 atom stereocenters. The highest BCUT2D eigenvalue weighted by molar-refractivity contribution is 9.10. The van der Waals surface area contributed by atoms with Crippen LogP contribution in [0.3, 0.4) is 0 Å². The smallest absolute Gasteiger partial charge is 0.110 e. The van der Waals surface area contributed by atoms with Crippen LogP contribution in [0.1, 0.15) is 42.0 Å². The molecular formula is C14H12BrNS. The van der Waals surface area contributed by atoms with Crippen LogP contribution in [0.5, 0.6) is 0 Å². The van der Waals surface area contributed by atoms with E-state index in [0.717, 1.165) is 9.35 Å². The first kappa shape index (κ1) is 11.3. The van der Waals surface area contributed by atoms with Crippen LogP contribution in [0.4, 0.5) is 0 Å². The molecule has 1 heterocycles. The van der Waals surface area contributed by atoms with Gasteiger partial charge in [-0.2, -0.15) is 5.26 Å². The fourth-order valence-corrected chi connectivity index (χ4v) is 4.43. The maximum atomic E-state index is 9.30. The first-order valence-corrected chi connectivity index (χ1v) is 7.52. The van der Waals surface area contributed by atoms with Crippen molar-refractivity contribution < 1.29 is 0 Å². The van der Waals surface area contributed by atoms with Crippen molar-refractivity contribution in [3.8, 4) is 6.07 Å². The van der Waals surface area contributed by atoms with Crippen molar-refractivity contribution in [1.82, 2.24) is 0 Å². The maximum Gasteiger partial charge on any atom is 0.110 e. The lowest BCUT2D eigenvalue weighted by molar-refractivity contribution is 0.730. The van der Waals surface area contributed by atoms with E-state index in [2.05, 4.69) is 40.2 Å². The van der Waals surface area contributed by atoms with Gasteiger partial charge in [-0.25, -0.2) is 0 Å². The number of nitrogens with zero attached hydrogens (tertiary/aromatic N) is 1. The molecule has 1 aliphatic carbocycles. The Morgan fingerprint density at radius 3 is 2.76 bits per heavy atom. The van der Waals surface area contributed by atoms with Crippen molar-refractivity contribution in [2.24, 2.45) is 0 Å². The summed E-state index contributed by atoms with van der Waals surface area (Å²) >= 11 is 5.13. The van der Waals surface area contributed by atoms with E-state index in [1.54, 1.807) is 11.3 Å². The van der Waals surface area contributed by atoms with Gasteiger partial charge in [-0.15, -0.1) is 11.3 Å². The summed E-state index contributed by atoms with van der Waals surface area (Å²) in [4.78, 5) is 0.921. The van der Waals surface area contributed by atoms with Crippen LogP contribution in [0.25, 0.3) is 10.1 Å². The van der Waals surface area contributed by atoms with Gasteiger partial charge in [0.05, 0.1) is 0 Å². The average Bonchev–Trinajstić information content (AvgIpc) is 2.93. The molecule has 1 fully saturated rings. The van der Waals surface area contributed by atoms with E-state index < -0.39 is 0 Å². The van der Waals surface area contributed by atoms with Gasteiger partial charge in [0.2, 0.25) is 0 Å². The summed E-state index contributed by atoms with van der Waals surface area (Å²) in [6.07, 6.45) is 5.11. The van der Waals surface area contributed by atoms with Gasteiger partial charge in [-0.3, -0.25) is 0 Å². The number of hydrogen-bond donors (Lipinski definition) is 0. The molecule has 0 spiro atoms. The average molecular weight is 306 g/mol. The van der Waals surface area contributed by atoms with Crippen LogP contribution in [-0.2, 0) is 0 Å². The van der Waals surface area contributed by atoms with Gasteiger partial charge >= 0.3 is 0 Å². The summed E-state index contributed by atoms with van der Waals surface area (Å²) < 4.78 is 2.33. The molecule has 0 bridgehead atoms. The Bertz CT molecular complexity index is 602. The predicted octanol–water partition coefficient (Wildman–Crippen LogP) is 5.19. The van der Waals surface area contributed by atoms with E-state index in [1.807, 2.05) is 0 Å². The molecule has 0 N–H and O–H groups in total. The van der Waals surface area contributed by atoms with E-state index in [-0.39, 0.29) is 0 Å². The highest BCUT2D eigenvalue weighted by Gasteiger charge is 2.24. The molecule has 0 unspecified atom stereocenters. The van der Waals surface area contributed by atoms with Crippen LogP contribution in [-0.4, -0.2) is 0 Å². The second-order valence-corrected chi connectivity index (χ2v) is 6.55. The Morgan fingerprint density at radius 2 is 2.06 bits per heavy atom. The lowest BCUT2D eigenvalue weighted by Gasteiger charge is -2.08. The summed E-state index contributed by atoms with van der Waals surface area (Å²) in [7, 11) is 0. The molecule has 0 amide bonds. The first-order chi connectivity index (χ1) is 8.29. The maximum absolute atomic E-state index is 9.30. The molecule has 1 saturated carbocycles. The normalized spacial score (nSPS) is 16.5. The van der Waals surface area contributed by atoms with Crippen LogP contribution in [0.15, 0.2) is 22.7 Å². The van der Waals surface area contributed by atoms with Gasteiger partial charge in [0.25, 0.3) is 0 Å². The monoisotopic (exact) mass is 305 g/mol. The zero-order valence-electron chi connectivity index (χ0n) is 9.37. The Kier molecular flexibility index (Phi) is 2.94. The van der Waals surface area contributed by atoms with Crippen molar-refractivity contribution in [1.29, 1.82) is 5.26 Å². The number of benzene rings is 1. The van der Waals surface area contributed by atoms with E-state index in [1.165, 1.54) is 41.3 Å². The molecule has 1 aromatic carbocycles. The summed E-state index contributed by atoms with van der Waals surface area (Å²) in [5.41, 5.74) is 1.32. The zero-order valence-corrected chi connectivity index (χ0v) is 11.8. The third kappa shape index (κ3) is 1.90. The number of thiophene rings is 1. The van der Waals surface area contributed by atoms with Gasteiger partial charge < -0.3 is 0 Å². The Balaban J connectivity index is 2.23. The van der Waals surface area contributed by atoms with E-state index in [0.29, 0.717) is 5.92 Å². The van der Waals surface area contributed by atoms with E-state index in [4.69, 9.17) is 0 Å². The molecule has 0 radical (unpaired) electrons. The third-order valence-corrected chi connectivity index (χ3v) is 5.12. The minimum atomic E-state index is 0.611. The van der Waals surface area contributed by atoms with Crippen molar-refractivity contribution >= 4 is 37.4 Å². The van der Waals surface area contributed by atoms with Crippen molar-refractivity contribution in [2.45, 2.75) is 31.6 Å². The van der Waals surface area contributed by atoms with Gasteiger partial charge in [0, 0.05) is 9.17 Å². The minimum absolute atomic E-state index is 0.611. The topological polar surface area (TPSA) is 23.8 Å². The van der Waals surface area contributed by atoms with Crippen LogP contribution in [0.2, 0.25) is 0 Å². The SMILES string of the molecule is N#Cc1sc2cc(Br)ccc2c1C1CCCC1. The number of hydrogen-bond acceptors (Lipinski definition) is 2. The van der Waals surface area contributed by atoms with Gasteiger partial charge in [-0.1, -0.05) is 34.8 Å². The van der Waals surface area contributed by atoms with Crippen molar-refractivity contribution in [2.75, 3.05) is 0 Å². The molecule has 2 aromatic rings. The summed E-state index contributed by atoms with van der Waals surface area (Å²) in [6.45, 7) is 0. The molecule has 0 saturated heterocycles. The molecule has 1 aromatic heterocycles. The largest absolute Gasteiger partial charge is 0.192 e. The van der Waals surface area contributed by atoms with Crippen LogP contribution in [0, 0.1) is 11.3 Å². The predicted molar refractivity (Wildman–Crippen MR) is 75.4 cm³/mol. The zero-order chi connectivity index (χ0) is 11.8. The molecule has 3 heteroatoms. The molecule has 1 nitrogen and oxygen atoms in total. The molecule has 3 rings (SSSR count). The molecular weight excluding hydrogens is 294 g/mol. The minimum Gasteiger partial charge on any atom is -0.192 e. The number of fused-ring (bicyclic) bond motifs is 1. The lowest BCUT2D eigenvalue weighted by Crippen LogP contribution is -1.92. The third-order valence-electron chi connectivity index (χ3n) is 3.56. The fourth-order valence-electron chi connectivity index (χ4n) is 2.79. The van der Waals surface area contributed by atoms with Gasteiger partial charge in [-0.05, 0) is 41.8 Å². The fraction of sp³-hybridized carbons (Fsp3) is 0.357. The van der Waals surface area contributed by atoms with E-state index in [9.17, 15) is 5.26 Å². The summed E-state index contributed by atoms with van der Waals surface area (Å²) in [5, 5.41) is 10.6. The second-order valence-electron chi connectivity index (χ2n) is 4.58. The quantitative estimate of drug-likeness (QED) is 0.711. The lowest BCUT2D eigenvalue weighted by atomic mass is 9.95. The Labute approximate surface area is 113 Å². The van der Waals surface area contributed by atoms with Gasteiger partial charge in [0.1, 0.15) is 10.9 Å². The summed E-state index contributed by atoms with van der Waals surface area (Å²) in [5.74, 6) is 0.611. The van der Waals surface area contributed by atoms with Crippen molar-refractivity contribution in [3.05, 3.63) is 33.1 Å².